The first-order chi connectivity index (χ1) is 8.89. The van der Waals surface area contributed by atoms with Crippen molar-refractivity contribution >= 4 is 15.9 Å². The molecule has 0 radical (unpaired) electrons. The summed E-state index contributed by atoms with van der Waals surface area (Å²) in [5.74, 6) is 0. The molecule has 100 valence electrons. The second-order valence-corrected chi connectivity index (χ2v) is 4.51. The van der Waals surface area contributed by atoms with Crippen molar-refractivity contribution in [2.24, 2.45) is 0 Å². The molecule has 3 nitrogen and oxygen atoms in total. The van der Waals surface area contributed by atoms with Crippen LogP contribution in [0.5, 0.6) is 0 Å². The SMILES string of the molecule is OC(c1ccc(C(F)(F)F)cc1)c1nccnc1Br. The quantitative estimate of drug-likeness (QED) is 0.917. The highest BCUT2D eigenvalue weighted by Crippen LogP contribution is 2.31. The molecule has 1 aromatic carbocycles. The van der Waals surface area contributed by atoms with Crippen molar-refractivity contribution in [3.63, 3.8) is 0 Å². The third-order valence-electron chi connectivity index (χ3n) is 2.49. The number of aromatic nitrogens is 2. The predicted molar refractivity (Wildman–Crippen MR) is 65.2 cm³/mol. The summed E-state index contributed by atoms with van der Waals surface area (Å²) < 4.78 is 37.6. The number of hydrogen-bond donors (Lipinski definition) is 1. The zero-order valence-electron chi connectivity index (χ0n) is 9.39. The second kappa shape index (κ2) is 5.26. The van der Waals surface area contributed by atoms with Crippen LogP contribution in [-0.4, -0.2) is 15.1 Å². The summed E-state index contributed by atoms with van der Waals surface area (Å²) in [4.78, 5) is 7.84. The molecule has 1 aromatic heterocycles. The van der Waals surface area contributed by atoms with Crippen LogP contribution in [-0.2, 0) is 6.18 Å². The maximum atomic E-state index is 12.4. The summed E-state index contributed by atoms with van der Waals surface area (Å²) in [6.45, 7) is 0. The molecule has 0 saturated heterocycles. The van der Waals surface area contributed by atoms with Crippen molar-refractivity contribution in [3.8, 4) is 0 Å². The van der Waals surface area contributed by atoms with E-state index in [9.17, 15) is 18.3 Å². The first kappa shape index (κ1) is 14.0. The number of nitrogens with zero attached hydrogens (tertiary/aromatic N) is 2. The summed E-state index contributed by atoms with van der Waals surface area (Å²) in [6.07, 6.45) is -2.69. The molecule has 1 heterocycles. The van der Waals surface area contributed by atoms with Crippen LogP contribution in [0.15, 0.2) is 41.3 Å². The number of halogens is 4. The lowest BCUT2D eigenvalue weighted by Crippen LogP contribution is -2.07. The number of hydrogen-bond acceptors (Lipinski definition) is 3. The van der Waals surface area contributed by atoms with Gasteiger partial charge in [0.2, 0.25) is 0 Å². The van der Waals surface area contributed by atoms with E-state index in [2.05, 4.69) is 25.9 Å². The van der Waals surface area contributed by atoms with Crippen LogP contribution in [0.4, 0.5) is 13.2 Å². The lowest BCUT2D eigenvalue weighted by atomic mass is 10.0. The zero-order valence-corrected chi connectivity index (χ0v) is 11.0. The van der Waals surface area contributed by atoms with Crippen LogP contribution in [0, 0.1) is 0 Å². The van der Waals surface area contributed by atoms with Gasteiger partial charge in [0.05, 0.1) is 5.56 Å². The highest BCUT2D eigenvalue weighted by molar-refractivity contribution is 9.10. The van der Waals surface area contributed by atoms with Gasteiger partial charge in [-0.15, -0.1) is 0 Å². The smallest absolute Gasteiger partial charge is 0.382 e. The molecular weight excluding hydrogens is 325 g/mol. The van der Waals surface area contributed by atoms with Crippen molar-refractivity contribution in [2.45, 2.75) is 12.3 Å². The molecule has 2 aromatic rings. The molecule has 0 amide bonds. The van der Waals surface area contributed by atoms with E-state index in [4.69, 9.17) is 0 Å². The molecule has 7 heteroatoms. The fraction of sp³-hybridized carbons (Fsp3) is 0.167. The summed E-state index contributed by atoms with van der Waals surface area (Å²) in [7, 11) is 0. The van der Waals surface area contributed by atoms with Gasteiger partial charge in [-0.1, -0.05) is 12.1 Å². The number of aliphatic hydroxyl groups excluding tert-OH is 1. The van der Waals surface area contributed by atoms with Crippen LogP contribution >= 0.6 is 15.9 Å². The van der Waals surface area contributed by atoms with E-state index < -0.39 is 17.8 Å². The predicted octanol–water partition coefficient (Wildman–Crippen LogP) is 3.34. The zero-order chi connectivity index (χ0) is 14.0. The van der Waals surface area contributed by atoms with Gasteiger partial charge in [-0.2, -0.15) is 13.2 Å². The Labute approximate surface area is 115 Å². The largest absolute Gasteiger partial charge is 0.416 e. The minimum Gasteiger partial charge on any atom is -0.382 e. The maximum Gasteiger partial charge on any atom is 0.416 e. The molecule has 0 aliphatic rings. The van der Waals surface area contributed by atoms with E-state index in [1.807, 2.05) is 0 Å². The summed E-state index contributed by atoms with van der Waals surface area (Å²) >= 11 is 3.13. The van der Waals surface area contributed by atoms with Crippen molar-refractivity contribution < 1.29 is 18.3 Å². The molecule has 1 N–H and O–H groups in total. The van der Waals surface area contributed by atoms with E-state index in [1.54, 1.807) is 0 Å². The van der Waals surface area contributed by atoms with Gasteiger partial charge < -0.3 is 5.11 Å². The lowest BCUT2D eigenvalue weighted by molar-refractivity contribution is -0.137. The molecule has 0 aliphatic carbocycles. The summed E-state index contributed by atoms with van der Waals surface area (Å²) in [5.41, 5.74) is -0.196. The lowest BCUT2D eigenvalue weighted by Gasteiger charge is -2.13. The Bertz CT molecular complexity index is 572. The third kappa shape index (κ3) is 3.10. The number of aliphatic hydroxyl groups is 1. The molecule has 0 bridgehead atoms. The Balaban J connectivity index is 2.31. The average Bonchev–Trinajstić information content (AvgIpc) is 2.38. The topological polar surface area (TPSA) is 46.0 Å². The van der Waals surface area contributed by atoms with Gasteiger partial charge in [0.1, 0.15) is 16.4 Å². The van der Waals surface area contributed by atoms with Crippen LogP contribution < -0.4 is 0 Å². The summed E-state index contributed by atoms with van der Waals surface area (Å²) in [5, 5.41) is 10.1. The molecule has 0 saturated carbocycles. The molecular formula is C12H8BrF3N2O. The summed E-state index contributed by atoms with van der Waals surface area (Å²) in [6, 6.07) is 4.27. The highest BCUT2D eigenvalue weighted by Gasteiger charge is 2.30. The Morgan fingerprint density at radius 3 is 2.16 bits per heavy atom. The van der Waals surface area contributed by atoms with E-state index in [0.717, 1.165) is 12.1 Å². The Hall–Kier alpha value is -1.47. The average molecular weight is 333 g/mol. The maximum absolute atomic E-state index is 12.4. The van der Waals surface area contributed by atoms with Crippen molar-refractivity contribution in [1.82, 2.24) is 9.97 Å². The second-order valence-electron chi connectivity index (χ2n) is 3.75. The Morgan fingerprint density at radius 2 is 1.63 bits per heavy atom. The van der Waals surface area contributed by atoms with Crippen molar-refractivity contribution in [1.29, 1.82) is 0 Å². The van der Waals surface area contributed by atoms with Crippen molar-refractivity contribution in [2.75, 3.05) is 0 Å². The van der Waals surface area contributed by atoms with Crippen LogP contribution in [0.25, 0.3) is 0 Å². The van der Waals surface area contributed by atoms with Gasteiger partial charge in [0.15, 0.2) is 0 Å². The van der Waals surface area contributed by atoms with Gasteiger partial charge in [0.25, 0.3) is 0 Å². The molecule has 2 rings (SSSR count). The minimum atomic E-state index is -4.39. The number of benzene rings is 1. The van der Waals surface area contributed by atoms with Crippen molar-refractivity contribution in [3.05, 3.63) is 58.1 Å². The molecule has 0 spiro atoms. The standard InChI is InChI=1S/C12H8BrF3N2O/c13-11-9(17-5-6-18-11)10(19)7-1-3-8(4-2-7)12(14,15)16/h1-6,10,19H. The van der Waals surface area contributed by atoms with Gasteiger partial charge >= 0.3 is 6.18 Å². The molecule has 19 heavy (non-hydrogen) atoms. The van der Waals surface area contributed by atoms with Crippen LogP contribution in [0.3, 0.4) is 0 Å². The molecule has 0 fully saturated rings. The van der Waals surface area contributed by atoms with Gasteiger partial charge in [-0.05, 0) is 33.6 Å². The Morgan fingerprint density at radius 1 is 1.05 bits per heavy atom. The van der Waals surface area contributed by atoms with Crippen LogP contribution in [0.1, 0.15) is 22.9 Å². The fourth-order valence-electron chi connectivity index (χ4n) is 1.53. The molecule has 0 aliphatic heterocycles. The normalized spacial score (nSPS) is 13.3. The molecule has 1 unspecified atom stereocenters. The minimum absolute atomic E-state index is 0.252. The van der Waals surface area contributed by atoms with Gasteiger partial charge in [-0.25, -0.2) is 4.98 Å². The molecule has 1 atom stereocenters. The third-order valence-corrected chi connectivity index (χ3v) is 3.10. The fourth-order valence-corrected chi connectivity index (χ4v) is 1.96. The van der Waals surface area contributed by atoms with Gasteiger partial charge in [0, 0.05) is 12.4 Å². The number of alkyl halides is 3. The van der Waals surface area contributed by atoms with E-state index in [-0.39, 0.29) is 5.69 Å². The van der Waals surface area contributed by atoms with Crippen LogP contribution in [0.2, 0.25) is 0 Å². The first-order valence-electron chi connectivity index (χ1n) is 5.21. The highest BCUT2D eigenvalue weighted by atomic mass is 79.9. The van der Waals surface area contributed by atoms with E-state index in [1.165, 1.54) is 24.5 Å². The Kier molecular flexibility index (Phi) is 3.86. The monoisotopic (exact) mass is 332 g/mol. The van der Waals surface area contributed by atoms with E-state index in [0.29, 0.717) is 10.2 Å². The van der Waals surface area contributed by atoms with Gasteiger partial charge in [-0.3, -0.25) is 4.98 Å². The van der Waals surface area contributed by atoms with E-state index >= 15 is 0 Å². The first-order valence-corrected chi connectivity index (χ1v) is 6.00. The number of rotatable bonds is 2.